The number of carbonyl (C=O) groups is 2. The van der Waals surface area contributed by atoms with E-state index >= 15 is 0 Å². The minimum absolute atomic E-state index is 0.0105. The summed E-state index contributed by atoms with van der Waals surface area (Å²) in [5, 5.41) is 12.0. The van der Waals surface area contributed by atoms with Gasteiger partial charge in [0.05, 0.1) is 13.2 Å². The summed E-state index contributed by atoms with van der Waals surface area (Å²) in [5.74, 6) is 0.0249. The first kappa shape index (κ1) is 20.5. The van der Waals surface area contributed by atoms with Crippen molar-refractivity contribution in [2.24, 2.45) is 5.92 Å². The van der Waals surface area contributed by atoms with E-state index in [2.05, 4.69) is 5.32 Å². The normalized spacial score (nSPS) is 12.8. The van der Waals surface area contributed by atoms with Crippen LogP contribution in [0, 0.1) is 5.92 Å². The van der Waals surface area contributed by atoms with Crippen LogP contribution in [0.5, 0.6) is 5.75 Å². The molecule has 0 aromatic heterocycles. The number of ether oxygens (including phenoxy) is 1. The number of carbonyl (C=O) groups excluding carboxylic acids is 1. The molecule has 1 amide bonds. The van der Waals surface area contributed by atoms with Crippen LogP contribution in [0.4, 0.5) is 0 Å². The van der Waals surface area contributed by atoms with Crippen LogP contribution in [-0.2, 0) is 16.0 Å². The number of carboxylic acids is 1. The molecule has 0 spiro atoms. The number of para-hydroxylation sites is 1. The number of hydrogen-bond acceptors (Lipinski definition) is 3. The molecule has 0 fully saturated rings. The number of carboxylic acid groups (broad SMARTS) is 1. The van der Waals surface area contributed by atoms with Gasteiger partial charge in [-0.15, -0.1) is 0 Å². The number of hydrogen-bond donors (Lipinski definition) is 2. The van der Waals surface area contributed by atoms with Gasteiger partial charge >= 0.3 is 5.97 Å². The van der Waals surface area contributed by atoms with Gasteiger partial charge in [-0.3, -0.25) is 9.59 Å². The van der Waals surface area contributed by atoms with Crippen LogP contribution in [0.25, 0.3) is 0 Å². The van der Waals surface area contributed by atoms with E-state index < -0.39 is 5.97 Å². The Morgan fingerprint density at radius 2 is 1.74 bits per heavy atom. The lowest BCUT2D eigenvalue weighted by molar-refractivity contribution is -0.137. The fraction of sp³-hybridized carbons (Fsp3) is 0.364. The van der Waals surface area contributed by atoms with Crippen LogP contribution >= 0.6 is 0 Å². The average Bonchev–Trinajstić information content (AvgIpc) is 2.66. The Kier molecular flexibility index (Phi) is 7.86. The third-order valence-corrected chi connectivity index (χ3v) is 4.48. The molecule has 5 heteroatoms. The van der Waals surface area contributed by atoms with E-state index in [1.165, 1.54) is 0 Å². The van der Waals surface area contributed by atoms with Crippen molar-refractivity contribution in [2.45, 2.75) is 38.6 Å². The number of nitrogens with one attached hydrogen (secondary N) is 1. The molecule has 0 aliphatic heterocycles. The summed E-state index contributed by atoms with van der Waals surface area (Å²) >= 11 is 0. The lowest BCUT2D eigenvalue weighted by Crippen LogP contribution is -2.30. The quantitative estimate of drug-likeness (QED) is 0.664. The molecule has 0 radical (unpaired) electrons. The van der Waals surface area contributed by atoms with E-state index in [9.17, 15) is 9.59 Å². The monoisotopic (exact) mass is 369 g/mol. The Balaban J connectivity index is 1.96. The molecular formula is C22H27NO4. The molecule has 2 N–H and O–H groups in total. The van der Waals surface area contributed by atoms with E-state index in [0.717, 1.165) is 23.3 Å². The third kappa shape index (κ3) is 6.77. The van der Waals surface area contributed by atoms with Crippen molar-refractivity contribution in [1.82, 2.24) is 5.32 Å². The highest BCUT2D eigenvalue weighted by atomic mass is 16.5. The summed E-state index contributed by atoms with van der Waals surface area (Å²) in [6, 6.07) is 17.0. The summed E-state index contributed by atoms with van der Waals surface area (Å²) in [6.07, 6.45) is 1.49. The standard InChI is InChI=1S/C22H27NO4/c1-16(14-18-10-6-7-11-20(18)27-2)15-21(24)23-19(12-13-22(25)26)17-8-4-3-5-9-17/h3-11,16,19H,12-15H2,1-2H3,(H,23,24)(H,25,26). The largest absolute Gasteiger partial charge is 0.496 e. The summed E-state index contributed by atoms with van der Waals surface area (Å²) < 4.78 is 5.37. The Bertz CT molecular complexity index is 745. The van der Waals surface area contributed by atoms with Gasteiger partial charge in [0.2, 0.25) is 5.91 Å². The molecule has 5 nitrogen and oxygen atoms in total. The fourth-order valence-electron chi connectivity index (χ4n) is 3.16. The zero-order valence-electron chi connectivity index (χ0n) is 15.9. The van der Waals surface area contributed by atoms with Gasteiger partial charge < -0.3 is 15.2 Å². The predicted octanol–water partition coefficient (Wildman–Crippen LogP) is 3.99. The molecule has 0 heterocycles. The maximum absolute atomic E-state index is 12.5. The minimum atomic E-state index is -0.866. The van der Waals surface area contributed by atoms with Crippen LogP contribution in [0.15, 0.2) is 54.6 Å². The average molecular weight is 369 g/mol. The van der Waals surface area contributed by atoms with Gasteiger partial charge in [-0.2, -0.15) is 0 Å². The summed E-state index contributed by atoms with van der Waals surface area (Å²) in [5.41, 5.74) is 2.00. The van der Waals surface area contributed by atoms with E-state index in [1.807, 2.05) is 61.5 Å². The molecule has 2 unspecified atom stereocenters. The number of rotatable bonds is 10. The Hall–Kier alpha value is -2.82. The van der Waals surface area contributed by atoms with Crippen molar-refractivity contribution in [3.05, 3.63) is 65.7 Å². The number of methoxy groups -OCH3 is 1. The molecule has 0 aliphatic rings. The minimum Gasteiger partial charge on any atom is -0.496 e. The molecule has 2 aromatic rings. The molecule has 2 aromatic carbocycles. The first-order chi connectivity index (χ1) is 13.0. The van der Waals surface area contributed by atoms with Crippen molar-refractivity contribution in [3.8, 4) is 5.75 Å². The highest BCUT2D eigenvalue weighted by molar-refractivity contribution is 5.77. The summed E-state index contributed by atoms with van der Waals surface area (Å²) in [4.78, 5) is 23.5. The number of amides is 1. The lowest BCUT2D eigenvalue weighted by Gasteiger charge is -2.20. The van der Waals surface area contributed by atoms with Crippen LogP contribution in [-0.4, -0.2) is 24.1 Å². The van der Waals surface area contributed by atoms with Crippen molar-refractivity contribution in [3.63, 3.8) is 0 Å². The molecule has 0 bridgehead atoms. The van der Waals surface area contributed by atoms with Gasteiger partial charge in [-0.25, -0.2) is 0 Å². The highest BCUT2D eigenvalue weighted by Crippen LogP contribution is 2.23. The zero-order chi connectivity index (χ0) is 19.6. The van der Waals surface area contributed by atoms with Gasteiger partial charge in [0.1, 0.15) is 5.75 Å². The molecule has 144 valence electrons. The molecule has 27 heavy (non-hydrogen) atoms. The van der Waals surface area contributed by atoms with Gasteiger partial charge in [0.25, 0.3) is 0 Å². The number of benzene rings is 2. The van der Waals surface area contributed by atoms with E-state index in [4.69, 9.17) is 9.84 Å². The van der Waals surface area contributed by atoms with Gasteiger partial charge in [-0.05, 0) is 36.0 Å². The van der Waals surface area contributed by atoms with Crippen LogP contribution < -0.4 is 10.1 Å². The third-order valence-electron chi connectivity index (χ3n) is 4.48. The Labute approximate surface area is 160 Å². The maximum Gasteiger partial charge on any atom is 0.303 e. The molecule has 0 aliphatic carbocycles. The van der Waals surface area contributed by atoms with E-state index in [-0.39, 0.29) is 24.3 Å². The van der Waals surface area contributed by atoms with Crippen LogP contribution in [0.1, 0.15) is 43.4 Å². The molecule has 2 atom stereocenters. The fourth-order valence-corrected chi connectivity index (χ4v) is 3.16. The SMILES string of the molecule is COc1ccccc1CC(C)CC(=O)NC(CCC(=O)O)c1ccccc1. The van der Waals surface area contributed by atoms with Crippen LogP contribution in [0.2, 0.25) is 0 Å². The van der Waals surface area contributed by atoms with Crippen molar-refractivity contribution >= 4 is 11.9 Å². The lowest BCUT2D eigenvalue weighted by atomic mass is 9.96. The molecular weight excluding hydrogens is 342 g/mol. The molecule has 0 saturated heterocycles. The molecule has 0 saturated carbocycles. The smallest absolute Gasteiger partial charge is 0.303 e. The first-order valence-corrected chi connectivity index (χ1v) is 9.17. The second-order valence-corrected chi connectivity index (χ2v) is 6.79. The summed E-state index contributed by atoms with van der Waals surface area (Å²) in [7, 11) is 1.64. The predicted molar refractivity (Wildman–Crippen MR) is 105 cm³/mol. The zero-order valence-corrected chi connectivity index (χ0v) is 15.9. The maximum atomic E-state index is 12.5. The highest BCUT2D eigenvalue weighted by Gasteiger charge is 2.18. The topological polar surface area (TPSA) is 75.6 Å². The van der Waals surface area contributed by atoms with Crippen molar-refractivity contribution in [1.29, 1.82) is 0 Å². The van der Waals surface area contributed by atoms with E-state index in [1.54, 1.807) is 7.11 Å². The van der Waals surface area contributed by atoms with Crippen LogP contribution in [0.3, 0.4) is 0 Å². The van der Waals surface area contributed by atoms with E-state index in [0.29, 0.717) is 12.8 Å². The Morgan fingerprint density at radius 3 is 2.41 bits per heavy atom. The summed E-state index contributed by atoms with van der Waals surface area (Å²) in [6.45, 7) is 2.03. The Morgan fingerprint density at radius 1 is 1.07 bits per heavy atom. The first-order valence-electron chi connectivity index (χ1n) is 9.17. The number of aliphatic carboxylic acids is 1. The van der Waals surface area contributed by atoms with Crippen molar-refractivity contribution < 1.29 is 19.4 Å². The van der Waals surface area contributed by atoms with Gasteiger partial charge in [-0.1, -0.05) is 55.5 Å². The second-order valence-electron chi connectivity index (χ2n) is 6.79. The molecule has 2 rings (SSSR count). The van der Waals surface area contributed by atoms with Gasteiger partial charge in [0, 0.05) is 12.8 Å². The van der Waals surface area contributed by atoms with Crippen molar-refractivity contribution in [2.75, 3.05) is 7.11 Å². The second kappa shape index (κ2) is 10.4. The van der Waals surface area contributed by atoms with Gasteiger partial charge in [0.15, 0.2) is 0 Å².